The number of nitrogens with one attached hydrogen (secondary N) is 2. The number of hydrogen-bond donors (Lipinski definition) is 3. The second-order valence-electron chi connectivity index (χ2n) is 4.89. The van der Waals surface area contributed by atoms with E-state index in [-0.39, 0.29) is 23.3 Å². The molecule has 16 heavy (non-hydrogen) atoms. The average Bonchev–Trinajstić information content (AvgIpc) is 3.02. The maximum absolute atomic E-state index is 11.7. The minimum absolute atomic E-state index is 0.00593. The summed E-state index contributed by atoms with van der Waals surface area (Å²) in [6.07, 6.45) is 4.38. The van der Waals surface area contributed by atoms with Crippen LogP contribution in [0.2, 0.25) is 0 Å². The highest BCUT2D eigenvalue weighted by molar-refractivity contribution is 7.80. The Morgan fingerprint density at radius 2 is 2.31 bits per heavy atom. The highest BCUT2D eigenvalue weighted by Crippen LogP contribution is 2.49. The Kier molecular flexibility index (Phi) is 3.42. The van der Waals surface area contributed by atoms with Crippen LogP contribution in [0.4, 0.5) is 0 Å². The molecule has 90 valence electrons. The topological polar surface area (TPSA) is 58.2 Å². The lowest BCUT2D eigenvalue weighted by atomic mass is 10.0. The van der Waals surface area contributed by atoms with Crippen molar-refractivity contribution in [1.82, 2.24) is 10.6 Å². The molecule has 1 saturated heterocycles. The zero-order valence-electron chi connectivity index (χ0n) is 9.29. The number of hydrogen-bond acceptors (Lipinski definition) is 3. The van der Waals surface area contributed by atoms with Crippen LogP contribution in [0.15, 0.2) is 0 Å². The zero-order valence-corrected chi connectivity index (χ0v) is 10.2. The summed E-state index contributed by atoms with van der Waals surface area (Å²) in [5, 5.41) is 5.58. The summed E-state index contributed by atoms with van der Waals surface area (Å²) in [6.45, 7) is 0.728. The van der Waals surface area contributed by atoms with E-state index in [2.05, 4.69) is 23.3 Å². The molecule has 0 radical (unpaired) electrons. The molecule has 0 spiro atoms. The van der Waals surface area contributed by atoms with E-state index in [1.165, 1.54) is 0 Å². The first kappa shape index (κ1) is 11.8. The van der Waals surface area contributed by atoms with Crippen molar-refractivity contribution in [2.24, 2.45) is 5.41 Å². The second-order valence-corrected chi connectivity index (χ2v) is 5.20. The largest absolute Gasteiger partial charge is 0.354 e. The van der Waals surface area contributed by atoms with Crippen LogP contribution in [-0.2, 0) is 9.59 Å². The summed E-state index contributed by atoms with van der Waals surface area (Å²) in [4.78, 5) is 23.2. The molecule has 2 rings (SSSR count). The summed E-state index contributed by atoms with van der Waals surface area (Å²) in [7, 11) is 0. The molecule has 1 saturated carbocycles. The van der Waals surface area contributed by atoms with Crippen molar-refractivity contribution in [3.63, 3.8) is 0 Å². The van der Waals surface area contributed by atoms with Crippen LogP contribution in [0.25, 0.3) is 0 Å². The molecule has 0 bridgehead atoms. The number of thiol groups is 1. The van der Waals surface area contributed by atoms with Gasteiger partial charge in [-0.05, 0) is 36.9 Å². The monoisotopic (exact) mass is 242 g/mol. The Balaban J connectivity index is 1.80. The Labute approximate surface area is 101 Å². The van der Waals surface area contributed by atoms with Crippen molar-refractivity contribution in [2.75, 3.05) is 12.3 Å². The Morgan fingerprint density at radius 1 is 1.56 bits per heavy atom. The van der Waals surface area contributed by atoms with Crippen LogP contribution in [0.3, 0.4) is 0 Å². The summed E-state index contributed by atoms with van der Waals surface area (Å²) in [6, 6.07) is -0.322. The molecule has 1 unspecified atom stereocenters. The normalized spacial score (nSPS) is 27.1. The average molecular weight is 242 g/mol. The van der Waals surface area contributed by atoms with Gasteiger partial charge in [0.2, 0.25) is 11.8 Å². The molecular formula is C11H18N2O2S. The second kappa shape index (κ2) is 4.65. The first-order valence-corrected chi connectivity index (χ1v) is 6.46. The van der Waals surface area contributed by atoms with Crippen molar-refractivity contribution in [1.29, 1.82) is 0 Å². The van der Waals surface area contributed by atoms with E-state index < -0.39 is 0 Å². The SMILES string of the molecule is O=C(CC1(CS)CC1)NC1CCCNC1=O. The summed E-state index contributed by atoms with van der Waals surface area (Å²) in [5.74, 6) is 0.709. The Morgan fingerprint density at radius 3 is 2.88 bits per heavy atom. The van der Waals surface area contributed by atoms with Gasteiger partial charge in [-0.3, -0.25) is 9.59 Å². The third kappa shape index (κ3) is 2.70. The lowest BCUT2D eigenvalue weighted by Gasteiger charge is -2.23. The van der Waals surface area contributed by atoms with Crippen LogP contribution in [-0.4, -0.2) is 30.2 Å². The third-order valence-electron chi connectivity index (χ3n) is 3.45. The predicted molar refractivity (Wildman–Crippen MR) is 64.3 cm³/mol. The standard InChI is InChI=1S/C11H18N2O2S/c14-9(6-11(7-16)3-4-11)13-8-2-1-5-12-10(8)15/h8,16H,1-7H2,(H,12,15)(H,13,14). The zero-order chi connectivity index (χ0) is 11.6. The Bertz CT molecular complexity index is 302. The molecule has 1 aliphatic heterocycles. The lowest BCUT2D eigenvalue weighted by Crippen LogP contribution is -2.50. The summed E-state index contributed by atoms with van der Waals surface area (Å²) >= 11 is 4.26. The minimum Gasteiger partial charge on any atom is -0.354 e. The summed E-state index contributed by atoms with van der Waals surface area (Å²) in [5.41, 5.74) is 0.123. The van der Waals surface area contributed by atoms with Gasteiger partial charge < -0.3 is 10.6 Å². The molecule has 4 nitrogen and oxygen atoms in total. The highest BCUT2D eigenvalue weighted by atomic mass is 32.1. The van der Waals surface area contributed by atoms with Gasteiger partial charge in [-0.25, -0.2) is 0 Å². The van der Waals surface area contributed by atoms with Crippen LogP contribution in [0.5, 0.6) is 0 Å². The van der Waals surface area contributed by atoms with Gasteiger partial charge in [-0.2, -0.15) is 12.6 Å². The van der Waals surface area contributed by atoms with Gasteiger partial charge >= 0.3 is 0 Å². The van der Waals surface area contributed by atoms with Crippen molar-refractivity contribution < 1.29 is 9.59 Å². The van der Waals surface area contributed by atoms with E-state index in [0.717, 1.165) is 38.0 Å². The first-order valence-electron chi connectivity index (χ1n) is 5.83. The predicted octanol–water partition coefficient (Wildman–Crippen LogP) is 0.481. The first-order chi connectivity index (χ1) is 7.65. The molecule has 0 aromatic heterocycles. The van der Waals surface area contributed by atoms with Gasteiger partial charge in [0.05, 0.1) is 0 Å². The number of carbonyl (C=O) groups excluding carboxylic acids is 2. The molecule has 1 aliphatic carbocycles. The van der Waals surface area contributed by atoms with E-state index in [0.29, 0.717) is 6.42 Å². The fraction of sp³-hybridized carbons (Fsp3) is 0.818. The fourth-order valence-electron chi connectivity index (χ4n) is 2.06. The number of amides is 2. The third-order valence-corrected chi connectivity index (χ3v) is 4.12. The molecule has 2 amide bonds. The van der Waals surface area contributed by atoms with Crippen LogP contribution < -0.4 is 10.6 Å². The molecular weight excluding hydrogens is 224 g/mol. The van der Waals surface area contributed by atoms with E-state index >= 15 is 0 Å². The van der Waals surface area contributed by atoms with Crippen molar-refractivity contribution in [3.05, 3.63) is 0 Å². The van der Waals surface area contributed by atoms with E-state index in [4.69, 9.17) is 0 Å². The molecule has 1 heterocycles. The van der Waals surface area contributed by atoms with Gasteiger partial charge in [-0.15, -0.1) is 0 Å². The number of rotatable bonds is 4. The van der Waals surface area contributed by atoms with Gasteiger partial charge in [0.25, 0.3) is 0 Å². The maximum Gasteiger partial charge on any atom is 0.242 e. The van der Waals surface area contributed by atoms with E-state index in [9.17, 15) is 9.59 Å². The summed E-state index contributed by atoms with van der Waals surface area (Å²) < 4.78 is 0. The molecule has 0 aromatic carbocycles. The van der Waals surface area contributed by atoms with Gasteiger partial charge in [0.1, 0.15) is 6.04 Å². The van der Waals surface area contributed by atoms with Gasteiger partial charge in [-0.1, -0.05) is 0 Å². The molecule has 2 aliphatic rings. The van der Waals surface area contributed by atoms with E-state index in [1.807, 2.05) is 0 Å². The maximum atomic E-state index is 11.7. The van der Waals surface area contributed by atoms with Gasteiger partial charge in [0, 0.05) is 13.0 Å². The van der Waals surface area contributed by atoms with E-state index in [1.54, 1.807) is 0 Å². The molecule has 5 heteroatoms. The van der Waals surface area contributed by atoms with Crippen LogP contribution >= 0.6 is 12.6 Å². The number of carbonyl (C=O) groups is 2. The van der Waals surface area contributed by atoms with Crippen LogP contribution in [0.1, 0.15) is 32.1 Å². The van der Waals surface area contributed by atoms with Crippen molar-refractivity contribution >= 4 is 24.4 Å². The van der Waals surface area contributed by atoms with Crippen molar-refractivity contribution in [3.8, 4) is 0 Å². The minimum atomic E-state index is -0.322. The molecule has 1 atom stereocenters. The molecule has 2 fully saturated rings. The highest BCUT2D eigenvalue weighted by Gasteiger charge is 2.43. The quantitative estimate of drug-likeness (QED) is 0.628. The van der Waals surface area contributed by atoms with Gasteiger partial charge in [0.15, 0.2) is 0 Å². The smallest absolute Gasteiger partial charge is 0.242 e. The van der Waals surface area contributed by atoms with Crippen molar-refractivity contribution in [2.45, 2.75) is 38.1 Å². The lowest BCUT2D eigenvalue weighted by molar-refractivity contribution is -0.130. The van der Waals surface area contributed by atoms with Crippen LogP contribution in [0, 0.1) is 5.41 Å². The molecule has 2 N–H and O–H groups in total. The fourth-order valence-corrected chi connectivity index (χ4v) is 2.49. The molecule has 0 aromatic rings. The number of piperidine rings is 1. The Hall–Kier alpha value is -0.710.